The molecule has 1 heterocycles. The molecule has 0 aliphatic heterocycles. The zero-order valence-electron chi connectivity index (χ0n) is 18.1. The van der Waals surface area contributed by atoms with Gasteiger partial charge in [-0.3, -0.25) is 9.59 Å². The highest BCUT2D eigenvalue weighted by atomic mass is 127. The number of rotatable bonds is 7. The first-order chi connectivity index (χ1) is 15.2. The van der Waals surface area contributed by atoms with Gasteiger partial charge in [0.15, 0.2) is 6.61 Å². The number of amides is 2. The highest BCUT2D eigenvalue weighted by Crippen LogP contribution is 2.49. The second-order valence-corrected chi connectivity index (χ2v) is 10.7. The van der Waals surface area contributed by atoms with Crippen LogP contribution in [0.2, 0.25) is 0 Å². The van der Waals surface area contributed by atoms with Crippen LogP contribution in [0.4, 0.5) is 0 Å². The molecule has 32 heavy (non-hydrogen) atoms. The van der Waals surface area contributed by atoms with E-state index in [0.717, 1.165) is 32.8 Å². The number of carbonyl (C=O) groups excluding carboxylic acids is 2. The van der Waals surface area contributed by atoms with Crippen molar-refractivity contribution in [2.45, 2.75) is 51.7 Å². The summed E-state index contributed by atoms with van der Waals surface area (Å²) in [5, 5.41) is 8.09. The molecule has 2 N–H and O–H groups in total. The maximum Gasteiger partial charge on any atom is 0.263 e. The summed E-state index contributed by atoms with van der Waals surface area (Å²) < 4.78 is 11.3. The zero-order valence-corrected chi connectivity index (χ0v) is 22.2. The van der Waals surface area contributed by atoms with E-state index < -0.39 is 0 Å². The topological polar surface area (TPSA) is 89.6 Å². The van der Waals surface area contributed by atoms with E-state index in [0.29, 0.717) is 29.9 Å². The Bertz CT molecular complexity index is 1110. The van der Waals surface area contributed by atoms with E-state index in [1.807, 2.05) is 62.0 Å². The van der Waals surface area contributed by atoms with E-state index in [2.05, 4.69) is 24.9 Å². The van der Waals surface area contributed by atoms with E-state index >= 15 is 0 Å². The Morgan fingerprint density at radius 2 is 2.06 bits per heavy atom. The smallest absolute Gasteiger partial charge is 0.263 e. The van der Waals surface area contributed by atoms with E-state index in [1.54, 1.807) is 0 Å². The van der Waals surface area contributed by atoms with Gasteiger partial charge in [0.1, 0.15) is 39.7 Å². The van der Waals surface area contributed by atoms with E-state index in [-0.39, 0.29) is 30.1 Å². The number of halogens is 1. The molecule has 7 nitrogen and oxygen atoms in total. The molecule has 3 aliphatic rings. The van der Waals surface area contributed by atoms with Gasteiger partial charge in [0.2, 0.25) is 0 Å². The van der Waals surface area contributed by atoms with E-state index in [4.69, 9.17) is 7.80 Å². The van der Waals surface area contributed by atoms with Crippen LogP contribution in [-0.2, 0) is 7.86 Å². The predicted octanol–water partition coefficient (Wildman–Crippen LogP) is 3.42. The number of nitrogens with one attached hydrogen (secondary N) is 2. The second kappa shape index (κ2) is 9.37. The zero-order chi connectivity index (χ0) is 23.0. The van der Waals surface area contributed by atoms with Crippen LogP contribution < -0.4 is 20.7 Å². The van der Waals surface area contributed by atoms with Gasteiger partial charge in [-0.15, -0.1) is 20.6 Å². The Hall–Kier alpha value is -1.55. The van der Waals surface area contributed by atoms with Crippen molar-refractivity contribution in [3.05, 3.63) is 50.6 Å². The number of thiazole rings is 1. The SMILES string of the molecule is Cc1nc(C)c(C(=O)NC23CC(=C(NC(=O)COc4ccc(C)c(P)c4)C(OI)C2)C3)s1. The second-order valence-electron chi connectivity index (χ2n) is 8.39. The lowest BCUT2D eigenvalue weighted by Gasteiger charge is -2.51. The van der Waals surface area contributed by atoms with Crippen molar-refractivity contribution in [2.24, 2.45) is 0 Å². The molecule has 2 atom stereocenters. The third-order valence-electron chi connectivity index (χ3n) is 5.87. The maximum atomic E-state index is 12.8. The maximum absolute atomic E-state index is 12.8. The van der Waals surface area contributed by atoms with Crippen molar-refractivity contribution in [3.63, 3.8) is 0 Å². The predicted molar refractivity (Wildman–Crippen MR) is 136 cm³/mol. The minimum atomic E-state index is -0.339. The van der Waals surface area contributed by atoms with Crippen LogP contribution in [-0.4, -0.2) is 35.0 Å². The van der Waals surface area contributed by atoms with Crippen LogP contribution in [0.3, 0.4) is 0 Å². The lowest BCUT2D eigenvalue weighted by Crippen LogP contribution is -2.61. The summed E-state index contributed by atoms with van der Waals surface area (Å²) in [6, 6.07) is 5.70. The molecule has 170 valence electrons. The van der Waals surface area contributed by atoms with Crippen molar-refractivity contribution >= 4 is 60.7 Å². The van der Waals surface area contributed by atoms with Gasteiger partial charge in [-0.2, -0.15) is 0 Å². The number of ether oxygens (including phenoxy) is 1. The quantitative estimate of drug-likeness (QED) is 0.384. The van der Waals surface area contributed by atoms with Gasteiger partial charge in [-0.05, 0) is 62.2 Å². The molecular weight excluding hydrogens is 560 g/mol. The lowest BCUT2D eigenvalue weighted by molar-refractivity contribution is -0.122. The molecule has 1 saturated carbocycles. The number of nitrogens with zero attached hydrogens (tertiary/aromatic N) is 1. The first-order valence-corrected chi connectivity index (χ1v) is 12.5. The Kier molecular flexibility index (Phi) is 6.91. The summed E-state index contributed by atoms with van der Waals surface area (Å²) in [4.78, 5) is 30.3. The van der Waals surface area contributed by atoms with Crippen molar-refractivity contribution in [1.29, 1.82) is 0 Å². The Morgan fingerprint density at radius 1 is 1.31 bits per heavy atom. The number of hydrogen-bond donors (Lipinski definition) is 2. The van der Waals surface area contributed by atoms with Crippen LogP contribution in [0.15, 0.2) is 29.5 Å². The van der Waals surface area contributed by atoms with Gasteiger partial charge in [0, 0.05) is 12.1 Å². The third-order valence-corrected chi connectivity index (χ3v) is 8.18. The lowest BCUT2D eigenvalue weighted by atomic mass is 9.63. The van der Waals surface area contributed by atoms with Crippen LogP contribution >= 0.6 is 43.6 Å². The minimum absolute atomic E-state index is 0.0796. The highest BCUT2D eigenvalue weighted by molar-refractivity contribution is 14.1. The molecule has 5 rings (SSSR count). The molecule has 1 aromatic heterocycles. The number of aryl methyl sites for hydroxylation is 3. The summed E-state index contributed by atoms with van der Waals surface area (Å²) in [5.74, 6) is 0.334. The standard InChI is InChI=1S/C22H25IN3O4PS/c1-11-4-5-15(6-17(11)31)29-10-18(27)25-19-14-7-22(8-14,9-16(19)30-23)26-21(28)20-12(2)24-13(3)32-20/h4-6,16H,7-10,31H2,1-3H3,(H,25,27)(H,26,28). The van der Waals surface area contributed by atoms with Gasteiger partial charge in [0.05, 0.1) is 16.2 Å². The molecule has 1 fully saturated rings. The first-order valence-electron chi connectivity index (χ1n) is 10.2. The Balaban J connectivity index is 1.38. The monoisotopic (exact) mass is 585 g/mol. The van der Waals surface area contributed by atoms with Crippen molar-refractivity contribution < 1.29 is 17.4 Å². The minimum Gasteiger partial charge on any atom is -0.484 e. The van der Waals surface area contributed by atoms with Gasteiger partial charge in [0.25, 0.3) is 11.8 Å². The van der Waals surface area contributed by atoms with Gasteiger partial charge < -0.3 is 18.4 Å². The van der Waals surface area contributed by atoms with Crippen LogP contribution in [0.25, 0.3) is 0 Å². The van der Waals surface area contributed by atoms with Crippen LogP contribution in [0.5, 0.6) is 5.75 Å². The van der Waals surface area contributed by atoms with Crippen LogP contribution in [0.1, 0.15) is 45.2 Å². The Labute approximate surface area is 207 Å². The largest absolute Gasteiger partial charge is 0.484 e. The number of aromatic nitrogens is 1. The molecule has 0 saturated heterocycles. The Morgan fingerprint density at radius 3 is 2.69 bits per heavy atom. The molecule has 2 aromatic rings. The first kappa shape index (κ1) is 23.6. The highest BCUT2D eigenvalue weighted by Gasteiger charge is 2.51. The average Bonchev–Trinajstić information content (AvgIpc) is 3.07. The molecule has 3 aliphatic carbocycles. The van der Waals surface area contributed by atoms with Crippen LogP contribution in [0, 0.1) is 20.8 Å². The van der Waals surface area contributed by atoms with Gasteiger partial charge in [-0.25, -0.2) is 4.98 Å². The normalized spacial score (nSPS) is 21.7. The molecule has 2 amide bonds. The number of fused-ring (bicyclic) bond motifs is 2. The third kappa shape index (κ3) is 4.85. The molecule has 2 unspecified atom stereocenters. The summed E-state index contributed by atoms with van der Waals surface area (Å²) in [7, 11) is 2.66. The number of benzene rings is 1. The molecule has 2 bridgehead atoms. The molecular formula is C22H25IN3O4PS. The van der Waals surface area contributed by atoms with Crippen molar-refractivity contribution in [2.75, 3.05) is 6.61 Å². The van der Waals surface area contributed by atoms with E-state index in [1.165, 1.54) is 11.3 Å². The molecule has 0 spiro atoms. The van der Waals surface area contributed by atoms with Gasteiger partial charge >= 0.3 is 0 Å². The average molecular weight is 585 g/mol. The van der Waals surface area contributed by atoms with Gasteiger partial charge in [-0.1, -0.05) is 6.07 Å². The number of hydrogen-bond acceptors (Lipinski definition) is 6. The van der Waals surface area contributed by atoms with Crippen molar-refractivity contribution in [1.82, 2.24) is 15.6 Å². The summed E-state index contributed by atoms with van der Waals surface area (Å²) in [6.45, 7) is 5.69. The molecule has 10 heteroatoms. The number of carbonyl (C=O) groups is 2. The summed E-state index contributed by atoms with van der Waals surface area (Å²) in [6.07, 6.45) is 1.72. The van der Waals surface area contributed by atoms with Crippen molar-refractivity contribution in [3.8, 4) is 5.75 Å². The fourth-order valence-corrected chi connectivity index (χ4v) is 5.76. The summed E-state index contributed by atoms with van der Waals surface area (Å²) >= 11 is 3.27. The molecule has 0 radical (unpaired) electrons. The summed E-state index contributed by atoms with van der Waals surface area (Å²) in [5.41, 5.74) is 3.46. The fraction of sp³-hybridized carbons (Fsp3) is 0.409. The molecule has 1 aromatic carbocycles. The fourth-order valence-electron chi connectivity index (χ4n) is 4.25. The van der Waals surface area contributed by atoms with E-state index in [9.17, 15) is 9.59 Å².